The maximum absolute atomic E-state index is 11.7. The van der Waals surface area contributed by atoms with Gasteiger partial charge in [0.05, 0.1) is 16.1 Å². The molecular formula is C12H9NO4. The molecule has 0 N–H and O–H groups in total. The Morgan fingerprint density at radius 1 is 0.941 bits per heavy atom. The summed E-state index contributed by atoms with van der Waals surface area (Å²) in [6.07, 6.45) is 1.73. The van der Waals surface area contributed by atoms with Crippen molar-refractivity contribution in [1.82, 2.24) is 0 Å². The molecule has 0 amide bonds. The molecule has 0 fully saturated rings. The minimum Gasteiger partial charge on any atom is -0.294 e. The number of nitro groups is 1. The fourth-order valence-corrected chi connectivity index (χ4v) is 2.73. The van der Waals surface area contributed by atoms with Gasteiger partial charge in [-0.15, -0.1) is 0 Å². The van der Waals surface area contributed by atoms with E-state index in [1.807, 2.05) is 0 Å². The van der Waals surface area contributed by atoms with Crippen molar-refractivity contribution in [2.24, 2.45) is 0 Å². The number of benzene rings is 1. The highest BCUT2D eigenvalue weighted by Gasteiger charge is 2.38. The van der Waals surface area contributed by atoms with Crippen molar-refractivity contribution in [1.29, 1.82) is 0 Å². The number of Topliss-reactive ketones (excluding diaryl/α,β-unsaturated/α-hetero) is 2. The van der Waals surface area contributed by atoms with Gasteiger partial charge in [0.15, 0.2) is 11.6 Å². The lowest BCUT2D eigenvalue weighted by atomic mass is 9.98. The third kappa shape index (κ3) is 1.25. The predicted molar refractivity (Wildman–Crippen MR) is 58.4 cm³/mol. The highest BCUT2D eigenvalue weighted by atomic mass is 16.6. The number of nitrogens with zero attached hydrogens (tertiary/aromatic N) is 1. The first-order valence-electron chi connectivity index (χ1n) is 5.49. The first-order valence-corrected chi connectivity index (χ1v) is 5.49. The average Bonchev–Trinajstić information content (AvgIpc) is 2.82. The summed E-state index contributed by atoms with van der Waals surface area (Å²) in [6.45, 7) is 0. The molecule has 5 heteroatoms. The molecule has 0 atom stereocenters. The molecule has 0 saturated carbocycles. The summed E-state index contributed by atoms with van der Waals surface area (Å²) in [5.74, 6) is -0.427. The van der Waals surface area contributed by atoms with Gasteiger partial charge in [-0.2, -0.15) is 0 Å². The van der Waals surface area contributed by atoms with Crippen molar-refractivity contribution >= 4 is 17.3 Å². The van der Waals surface area contributed by atoms with Gasteiger partial charge in [0, 0.05) is 12.8 Å². The summed E-state index contributed by atoms with van der Waals surface area (Å²) >= 11 is 0. The fourth-order valence-electron chi connectivity index (χ4n) is 2.73. The van der Waals surface area contributed by atoms with Crippen LogP contribution in [-0.4, -0.2) is 16.5 Å². The number of hydrogen-bond donors (Lipinski definition) is 0. The molecule has 5 nitrogen and oxygen atoms in total. The first-order chi connectivity index (χ1) is 8.09. The van der Waals surface area contributed by atoms with Crippen LogP contribution in [0.5, 0.6) is 0 Å². The minimum atomic E-state index is -0.579. The molecule has 0 saturated heterocycles. The van der Waals surface area contributed by atoms with Gasteiger partial charge in [0.1, 0.15) is 0 Å². The highest BCUT2D eigenvalue weighted by Crippen LogP contribution is 2.39. The van der Waals surface area contributed by atoms with Crippen molar-refractivity contribution in [3.05, 3.63) is 38.4 Å². The standard InChI is InChI=1S/C12H9NO4/c14-8-3-1-6-5-7-2-4-9(15)11(7)12(10(6)8)13(16)17/h5H,1-4H2. The van der Waals surface area contributed by atoms with Crippen LogP contribution in [0.4, 0.5) is 5.69 Å². The quantitative estimate of drug-likeness (QED) is 0.545. The lowest BCUT2D eigenvalue weighted by Crippen LogP contribution is -2.06. The molecule has 1 aromatic carbocycles. The molecule has 0 bridgehead atoms. The largest absolute Gasteiger partial charge is 0.294 e. The van der Waals surface area contributed by atoms with Gasteiger partial charge in [-0.1, -0.05) is 6.07 Å². The third-order valence-corrected chi connectivity index (χ3v) is 3.45. The van der Waals surface area contributed by atoms with Crippen LogP contribution in [0.3, 0.4) is 0 Å². The Labute approximate surface area is 96.6 Å². The van der Waals surface area contributed by atoms with E-state index in [1.54, 1.807) is 6.07 Å². The van der Waals surface area contributed by atoms with E-state index in [0.717, 1.165) is 11.1 Å². The van der Waals surface area contributed by atoms with Crippen molar-refractivity contribution < 1.29 is 14.5 Å². The third-order valence-electron chi connectivity index (χ3n) is 3.45. The number of nitro benzene ring substituents is 1. The molecule has 0 aliphatic heterocycles. The van der Waals surface area contributed by atoms with Gasteiger partial charge in [-0.3, -0.25) is 19.7 Å². The molecule has 2 aliphatic carbocycles. The first kappa shape index (κ1) is 10.1. The molecule has 1 aromatic rings. The molecule has 3 rings (SSSR count). The Balaban J connectivity index is 2.40. The second kappa shape index (κ2) is 3.23. The molecule has 0 spiro atoms. The Hall–Kier alpha value is -2.04. The zero-order valence-corrected chi connectivity index (χ0v) is 8.99. The summed E-state index contributed by atoms with van der Waals surface area (Å²) < 4.78 is 0. The summed E-state index contributed by atoms with van der Waals surface area (Å²) in [5, 5.41) is 11.1. The number of ketones is 2. The molecule has 0 radical (unpaired) electrons. The summed E-state index contributed by atoms with van der Waals surface area (Å²) in [5.41, 5.74) is 1.56. The van der Waals surface area contributed by atoms with E-state index >= 15 is 0 Å². The minimum absolute atomic E-state index is 0.170. The van der Waals surface area contributed by atoms with Gasteiger partial charge in [0.2, 0.25) is 0 Å². The van der Waals surface area contributed by atoms with Gasteiger partial charge < -0.3 is 0 Å². The Bertz CT molecular complexity index is 546. The van der Waals surface area contributed by atoms with E-state index in [2.05, 4.69) is 0 Å². The second-order valence-electron chi connectivity index (χ2n) is 4.40. The van der Waals surface area contributed by atoms with Gasteiger partial charge in [0.25, 0.3) is 5.69 Å². The monoisotopic (exact) mass is 231 g/mol. The van der Waals surface area contributed by atoms with Crippen LogP contribution in [0.1, 0.15) is 44.7 Å². The second-order valence-corrected chi connectivity index (χ2v) is 4.40. The smallest absolute Gasteiger partial charge is 0.291 e. The molecule has 2 aliphatic rings. The Kier molecular flexibility index (Phi) is 1.92. The maximum atomic E-state index is 11.7. The summed E-state index contributed by atoms with van der Waals surface area (Å²) in [7, 11) is 0. The van der Waals surface area contributed by atoms with E-state index in [1.165, 1.54) is 0 Å². The lowest BCUT2D eigenvalue weighted by molar-refractivity contribution is -0.385. The average molecular weight is 231 g/mol. The molecule has 0 heterocycles. The van der Waals surface area contributed by atoms with Crippen molar-refractivity contribution in [3.8, 4) is 0 Å². The van der Waals surface area contributed by atoms with Crippen LogP contribution in [0, 0.1) is 10.1 Å². The molecule has 0 unspecified atom stereocenters. The Morgan fingerprint density at radius 2 is 1.41 bits per heavy atom. The molecule has 17 heavy (non-hydrogen) atoms. The lowest BCUT2D eigenvalue weighted by Gasteiger charge is -2.05. The van der Waals surface area contributed by atoms with E-state index in [4.69, 9.17) is 0 Å². The van der Waals surface area contributed by atoms with E-state index in [9.17, 15) is 19.7 Å². The fraction of sp³-hybridized carbons (Fsp3) is 0.333. The SMILES string of the molecule is O=C1CCc2cc3c(c([N+](=O)[O-])c21)C(=O)CC3. The van der Waals surface area contributed by atoms with Crippen LogP contribution < -0.4 is 0 Å². The number of fused-ring (bicyclic) bond motifs is 2. The molecule has 86 valence electrons. The van der Waals surface area contributed by atoms with E-state index in [0.29, 0.717) is 25.7 Å². The van der Waals surface area contributed by atoms with Gasteiger partial charge >= 0.3 is 0 Å². The predicted octanol–water partition coefficient (Wildman–Crippen LogP) is 1.85. The normalized spacial score (nSPS) is 17.2. The number of rotatable bonds is 1. The number of hydrogen-bond acceptors (Lipinski definition) is 4. The summed E-state index contributed by atoms with van der Waals surface area (Å²) in [6, 6.07) is 1.80. The van der Waals surface area contributed by atoms with Crippen LogP contribution in [0.2, 0.25) is 0 Å². The van der Waals surface area contributed by atoms with E-state index in [-0.39, 0.29) is 28.4 Å². The van der Waals surface area contributed by atoms with Crippen LogP contribution >= 0.6 is 0 Å². The van der Waals surface area contributed by atoms with Crippen LogP contribution in [-0.2, 0) is 12.8 Å². The molecular weight excluding hydrogens is 222 g/mol. The van der Waals surface area contributed by atoms with Crippen molar-refractivity contribution in [2.45, 2.75) is 25.7 Å². The Morgan fingerprint density at radius 3 is 1.82 bits per heavy atom. The van der Waals surface area contributed by atoms with Gasteiger partial charge in [-0.05, 0) is 24.0 Å². The van der Waals surface area contributed by atoms with Crippen molar-refractivity contribution in [3.63, 3.8) is 0 Å². The molecule has 0 aromatic heterocycles. The highest BCUT2D eigenvalue weighted by molar-refractivity contribution is 6.12. The van der Waals surface area contributed by atoms with Crippen LogP contribution in [0.25, 0.3) is 0 Å². The number of aryl methyl sites for hydroxylation is 2. The topological polar surface area (TPSA) is 77.3 Å². The zero-order chi connectivity index (χ0) is 12.2. The number of carbonyl (C=O) groups excluding carboxylic acids is 2. The van der Waals surface area contributed by atoms with Gasteiger partial charge in [-0.25, -0.2) is 0 Å². The van der Waals surface area contributed by atoms with Crippen molar-refractivity contribution in [2.75, 3.05) is 0 Å². The maximum Gasteiger partial charge on any atom is 0.291 e. The van der Waals surface area contributed by atoms with E-state index < -0.39 is 4.92 Å². The zero-order valence-electron chi connectivity index (χ0n) is 8.99. The summed E-state index contributed by atoms with van der Waals surface area (Å²) in [4.78, 5) is 33.9. The van der Waals surface area contributed by atoms with Crippen LogP contribution in [0.15, 0.2) is 6.07 Å². The number of carbonyl (C=O) groups is 2.